The predicted molar refractivity (Wildman–Crippen MR) is 82.1 cm³/mol. The van der Waals surface area contributed by atoms with Gasteiger partial charge in [0.05, 0.1) is 0 Å². The molecule has 1 atom stereocenters. The summed E-state index contributed by atoms with van der Waals surface area (Å²) >= 11 is 0. The molecule has 0 radical (unpaired) electrons. The highest BCUT2D eigenvalue weighted by Crippen LogP contribution is 2.23. The van der Waals surface area contributed by atoms with Gasteiger partial charge in [-0.15, -0.1) is 0 Å². The van der Waals surface area contributed by atoms with Crippen molar-refractivity contribution in [1.29, 1.82) is 0 Å². The fourth-order valence-electron chi connectivity index (χ4n) is 1.89. The van der Waals surface area contributed by atoms with Gasteiger partial charge in [0.15, 0.2) is 0 Å². The van der Waals surface area contributed by atoms with E-state index in [2.05, 4.69) is 5.32 Å². The third kappa shape index (κ3) is 5.27. The summed E-state index contributed by atoms with van der Waals surface area (Å²) in [4.78, 5) is 23.0. The summed E-state index contributed by atoms with van der Waals surface area (Å²) in [7, 11) is 0. The number of rotatable bonds is 4. The maximum atomic E-state index is 11.7. The number of phenolic OH excluding ortho intramolecular Hbond substituents is 1. The van der Waals surface area contributed by atoms with Crippen molar-refractivity contribution in [1.82, 2.24) is 5.32 Å². The summed E-state index contributed by atoms with van der Waals surface area (Å²) in [5.74, 6) is -1.18. The molecule has 22 heavy (non-hydrogen) atoms. The van der Waals surface area contributed by atoms with E-state index in [0.717, 1.165) is 11.1 Å². The molecule has 1 aromatic rings. The lowest BCUT2D eigenvalue weighted by molar-refractivity contribution is -0.139. The molecule has 0 heterocycles. The number of ether oxygens (including phenoxy) is 1. The minimum absolute atomic E-state index is 0.0142. The third-order valence-electron chi connectivity index (χ3n) is 3.11. The van der Waals surface area contributed by atoms with Gasteiger partial charge in [-0.3, -0.25) is 0 Å². The largest absolute Gasteiger partial charge is 0.508 e. The number of carbonyl (C=O) groups excluding carboxylic acids is 1. The standard InChI is InChI=1S/C16H23NO5/c1-9-6-11(13(18)7-10(9)2)8-12(14(19)20)17-15(21)22-16(3,4)5/h6-7,12,18H,8H2,1-5H3,(H,17,21)(H,19,20). The van der Waals surface area contributed by atoms with Crippen LogP contribution in [0.1, 0.15) is 37.5 Å². The zero-order valence-electron chi connectivity index (χ0n) is 13.6. The molecule has 6 heteroatoms. The number of carboxylic acids is 1. The summed E-state index contributed by atoms with van der Waals surface area (Å²) in [6, 6.07) is 2.12. The molecule has 0 saturated carbocycles. The Hall–Kier alpha value is -2.24. The van der Waals surface area contributed by atoms with Crippen LogP contribution in [0.25, 0.3) is 0 Å². The molecule has 0 aliphatic rings. The molecule has 0 aliphatic carbocycles. The lowest BCUT2D eigenvalue weighted by atomic mass is 9.99. The Morgan fingerprint density at radius 1 is 1.23 bits per heavy atom. The Bertz CT molecular complexity index is 575. The molecule has 3 N–H and O–H groups in total. The molecule has 0 saturated heterocycles. The van der Waals surface area contributed by atoms with Crippen molar-refractivity contribution >= 4 is 12.1 Å². The SMILES string of the molecule is Cc1cc(O)c(CC(NC(=O)OC(C)(C)C)C(=O)O)cc1C. The van der Waals surface area contributed by atoms with Crippen LogP contribution >= 0.6 is 0 Å². The van der Waals surface area contributed by atoms with E-state index in [4.69, 9.17) is 4.74 Å². The summed E-state index contributed by atoms with van der Waals surface area (Å²) < 4.78 is 5.05. The summed E-state index contributed by atoms with van der Waals surface area (Å²) in [6.45, 7) is 8.80. The van der Waals surface area contributed by atoms with E-state index < -0.39 is 23.7 Å². The molecule has 1 unspecified atom stereocenters. The highest BCUT2D eigenvalue weighted by molar-refractivity contribution is 5.80. The quantitative estimate of drug-likeness (QED) is 0.794. The lowest BCUT2D eigenvalue weighted by Gasteiger charge is -2.22. The van der Waals surface area contributed by atoms with Crippen LogP contribution in [-0.4, -0.2) is 33.9 Å². The number of carboxylic acid groups (broad SMARTS) is 1. The van der Waals surface area contributed by atoms with Crippen LogP contribution in [0.4, 0.5) is 4.79 Å². The second kappa shape index (κ2) is 6.68. The third-order valence-corrected chi connectivity index (χ3v) is 3.11. The second-order valence-electron chi connectivity index (χ2n) is 6.31. The second-order valence-corrected chi connectivity index (χ2v) is 6.31. The lowest BCUT2D eigenvalue weighted by Crippen LogP contribution is -2.44. The van der Waals surface area contributed by atoms with Gasteiger partial charge in [-0.1, -0.05) is 6.07 Å². The van der Waals surface area contributed by atoms with Crippen LogP contribution in [0, 0.1) is 13.8 Å². The Morgan fingerprint density at radius 3 is 2.27 bits per heavy atom. The van der Waals surface area contributed by atoms with Crippen LogP contribution in [0.2, 0.25) is 0 Å². The minimum atomic E-state index is -1.19. The predicted octanol–water partition coefficient (Wildman–Crippen LogP) is 2.53. The Balaban J connectivity index is 2.88. The van der Waals surface area contributed by atoms with E-state index in [9.17, 15) is 19.8 Å². The number of alkyl carbamates (subject to hydrolysis) is 1. The van der Waals surface area contributed by atoms with Crippen LogP contribution < -0.4 is 5.32 Å². The molecule has 0 aliphatic heterocycles. The number of amides is 1. The topological polar surface area (TPSA) is 95.9 Å². The van der Waals surface area contributed by atoms with Crippen LogP contribution in [0.15, 0.2) is 12.1 Å². The molecule has 122 valence electrons. The van der Waals surface area contributed by atoms with Gasteiger partial charge in [0.25, 0.3) is 0 Å². The molecule has 0 bridgehead atoms. The molecular weight excluding hydrogens is 286 g/mol. The molecule has 1 aromatic carbocycles. The molecule has 0 fully saturated rings. The van der Waals surface area contributed by atoms with E-state index >= 15 is 0 Å². The van der Waals surface area contributed by atoms with Gasteiger partial charge in [-0.2, -0.15) is 0 Å². The molecule has 0 aromatic heterocycles. The van der Waals surface area contributed by atoms with E-state index in [1.165, 1.54) is 0 Å². The summed E-state index contributed by atoms with van der Waals surface area (Å²) in [5, 5.41) is 21.5. The van der Waals surface area contributed by atoms with Crippen molar-refractivity contribution in [2.75, 3.05) is 0 Å². The van der Waals surface area contributed by atoms with Gasteiger partial charge in [-0.25, -0.2) is 9.59 Å². The Labute approximate surface area is 130 Å². The maximum Gasteiger partial charge on any atom is 0.408 e. The van der Waals surface area contributed by atoms with Crippen LogP contribution in [0.3, 0.4) is 0 Å². The van der Waals surface area contributed by atoms with Crippen LogP contribution in [-0.2, 0) is 16.0 Å². The van der Waals surface area contributed by atoms with Gasteiger partial charge in [-0.05, 0) is 57.4 Å². The van der Waals surface area contributed by atoms with Crippen molar-refractivity contribution in [2.24, 2.45) is 0 Å². The number of hydrogen-bond acceptors (Lipinski definition) is 4. The number of aromatic hydroxyl groups is 1. The number of phenols is 1. The van der Waals surface area contributed by atoms with Gasteiger partial charge in [0.1, 0.15) is 17.4 Å². The highest BCUT2D eigenvalue weighted by atomic mass is 16.6. The number of hydrogen-bond donors (Lipinski definition) is 3. The number of nitrogens with one attached hydrogen (secondary N) is 1. The average Bonchev–Trinajstić information content (AvgIpc) is 2.32. The Kier molecular flexibility index (Phi) is 5.41. The van der Waals surface area contributed by atoms with Crippen molar-refractivity contribution in [2.45, 2.75) is 52.7 Å². The normalized spacial score (nSPS) is 12.6. The fourth-order valence-corrected chi connectivity index (χ4v) is 1.89. The van der Waals surface area contributed by atoms with Crippen molar-refractivity contribution in [3.05, 3.63) is 28.8 Å². The van der Waals surface area contributed by atoms with E-state index in [-0.39, 0.29) is 12.2 Å². The summed E-state index contributed by atoms with van der Waals surface area (Å²) in [5.41, 5.74) is 1.60. The molecule has 1 rings (SSSR count). The Morgan fingerprint density at radius 2 is 1.77 bits per heavy atom. The molecule has 0 spiro atoms. The zero-order valence-corrected chi connectivity index (χ0v) is 13.6. The molecule has 1 amide bonds. The van der Waals surface area contributed by atoms with Crippen LogP contribution in [0.5, 0.6) is 5.75 Å². The molecule has 6 nitrogen and oxygen atoms in total. The van der Waals surface area contributed by atoms with Gasteiger partial charge >= 0.3 is 12.1 Å². The van der Waals surface area contributed by atoms with Gasteiger partial charge in [0, 0.05) is 6.42 Å². The van der Waals surface area contributed by atoms with Crippen molar-refractivity contribution < 1.29 is 24.5 Å². The number of carbonyl (C=O) groups is 2. The zero-order chi connectivity index (χ0) is 17.1. The average molecular weight is 309 g/mol. The van der Waals surface area contributed by atoms with E-state index in [0.29, 0.717) is 5.56 Å². The first-order valence-corrected chi connectivity index (χ1v) is 7.01. The van der Waals surface area contributed by atoms with Gasteiger partial charge < -0.3 is 20.3 Å². The number of benzene rings is 1. The highest BCUT2D eigenvalue weighted by Gasteiger charge is 2.25. The first-order chi connectivity index (χ1) is 9.99. The first kappa shape index (κ1) is 17.8. The number of aliphatic carboxylic acids is 1. The first-order valence-electron chi connectivity index (χ1n) is 7.01. The monoisotopic (exact) mass is 309 g/mol. The number of aryl methyl sites for hydroxylation is 2. The van der Waals surface area contributed by atoms with Crippen molar-refractivity contribution in [3.8, 4) is 5.75 Å². The van der Waals surface area contributed by atoms with Gasteiger partial charge in [0.2, 0.25) is 0 Å². The van der Waals surface area contributed by atoms with Crippen molar-refractivity contribution in [3.63, 3.8) is 0 Å². The maximum absolute atomic E-state index is 11.7. The minimum Gasteiger partial charge on any atom is -0.508 e. The van der Waals surface area contributed by atoms with E-state index in [1.54, 1.807) is 32.9 Å². The van der Waals surface area contributed by atoms with E-state index in [1.807, 2.05) is 13.8 Å². The summed E-state index contributed by atoms with van der Waals surface area (Å²) in [6.07, 6.45) is -0.829. The molecular formula is C16H23NO5. The smallest absolute Gasteiger partial charge is 0.408 e. The fraction of sp³-hybridized carbons (Fsp3) is 0.500.